The van der Waals surface area contributed by atoms with E-state index < -0.39 is 12.1 Å². The number of hydrogen-bond donors (Lipinski definition) is 4. The zero-order valence-electron chi connectivity index (χ0n) is 24.9. The lowest BCUT2D eigenvalue weighted by molar-refractivity contribution is -0.123. The van der Waals surface area contributed by atoms with Crippen LogP contribution in [-0.4, -0.2) is 64.9 Å². The van der Waals surface area contributed by atoms with Gasteiger partial charge in [0.15, 0.2) is 0 Å². The van der Waals surface area contributed by atoms with Crippen LogP contribution in [-0.2, 0) is 22.6 Å². The summed E-state index contributed by atoms with van der Waals surface area (Å²) in [7, 11) is 1.29. The zero-order chi connectivity index (χ0) is 30.3. The number of aliphatic hydroxyl groups is 2. The quantitative estimate of drug-likeness (QED) is 0.154. The first-order valence-corrected chi connectivity index (χ1v) is 15.6. The fraction of sp³-hybridized carbons (Fsp3) is 0.455. The Kier molecular flexibility index (Phi) is 14.1. The molecule has 2 unspecified atom stereocenters. The van der Waals surface area contributed by atoms with Crippen molar-refractivity contribution in [2.75, 3.05) is 20.3 Å². The van der Waals surface area contributed by atoms with Crippen LogP contribution >= 0.6 is 11.9 Å². The van der Waals surface area contributed by atoms with Gasteiger partial charge < -0.3 is 25.6 Å². The summed E-state index contributed by atoms with van der Waals surface area (Å²) in [5, 5.41) is 27.6. The lowest BCUT2D eigenvalue weighted by atomic mass is 9.97. The second kappa shape index (κ2) is 17.8. The van der Waals surface area contributed by atoms with Crippen molar-refractivity contribution in [1.82, 2.24) is 14.9 Å². The Morgan fingerprint density at radius 3 is 2.36 bits per heavy atom. The number of nitrogens with one attached hydrogen (secondary N) is 2. The van der Waals surface area contributed by atoms with Crippen molar-refractivity contribution in [2.45, 2.75) is 82.0 Å². The molecule has 0 fully saturated rings. The molecule has 228 valence electrons. The number of amides is 2. The van der Waals surface area contributed by atoms with Crippen LogP contribution in [0, 0.1) is 0 Å². The summed E-state index contributed by atoms with van der Waals surface area (Å²) < 4.78 is 7.05. The van der Waals surface area contributed by atoms with Gasteiger partial charge in [0.05, 0.1) is 20.3 Å². The minimum atomic E-state index is -0.781. The summed E-state index contributed by atoms with van der Waals surface area (Å²) in [6.45, 7) is 5.05. The Balaban J connectivity index is 1.61. The maximum absolute atomic E-state index is 13.5. The molecule has 3 rings (SSSR count). The average Bonchev–Trinajstić information content (AvgIpc) is 3.02. The second-order valence-corrected chi connectivity index (χ2v) is 11.6. The third-order valence-electron chi connectivity index (χ3n) is 7.42. The van der Waals surface area contributed by atoms with E-state index in [0.717, 1.165) is 65.4 Å². The molecule has 3 atom stereocenters. The molecule has 42 heavy (non-hydrogen) atoms. The summed E-state index contributed by atoms with van der Waals surface area (Å²) in [5.41, 5.74) is 1.84. The van der Waals surface area contributed by atoms with Gasteiger partial charge in [0, 0.05) is 29.9 Å². The summed E-state index contributed by atoms with van der Waals surface area (Å²) in [6, 6.07) is 20.9. The van der Waals surface area contributed by atoms with Crippen molar-refractivity contribution in [3.8, 4) is 0 Å². The number of nitrogens with zero attached hydrogens (tertiary/aromatic N) is 1. The predicted molar refractivity (Wildman–Crippen MR) is 169 cm³/mol. The molecule has 0 aromatic heterocycles. The highest BCUT2D eigenvalue weighted by atomic mass is 32.2. The van der Waals surface area contributed by atoms with Crippen molar-refractivity contribution < 1.29 is 24.5 Å². The summed E-state index contributed by atoms with van der Waals surface area (Å²) >= 11 is 1.62. The first kappa shape index (κ1) is 33.4. The van der Waals surface area contributed by atoms with Gasteiger partial charge in [-0.1, -0.05) is 68.4 Å². The van der Waals surface area contributed by atoms with E-state index in [1.165, 1.54) is 7.11 Å². The third-order valence-corrected chi connectivity index (χ3v) is 8.62. The molecule has 3 aromatic carbocycles. The minimum Gasteiger partial charge on any atom is -0.453 e. The Morgan fingerprint density at radius 2 is 1.69 bits per heavy atom. The van der Waals surface area contributed by atoms with Gasteiger partial charge >= 0.3 is 6.09 Å². The fourth-order valence-corrected chi connectivity index (χ4v) is 6.15. The van der Waals surface area contributed by atoms with Crippen LogP contribution in [0.5, 0.6) is 0 Å². The molecule has 0 heterocycles. The standard InChI is InChI=1S/C33H45N3O5S/c1-4-20-36(42-29-18-16-24(22-37)17-19-29)28(23-38)14-9-13-27(5-2)34-32(39)31(35-33(40)41-3)21-26-12-8-11-25-10-6-7-15-30(25)26/h6-8,10-12,15-19,27-28,31,37-38H,4-5,9,13-14,20-23H2,1-3H3,(H,34,39)(H,35,40)/t27?,28?,31-/m0/s1. The van der Waals surface area contributed by atoms with E-state index in [4.69, 9.17) is 4.74 Å². The van der Waals surface area contributed by atoms with E-state index in [1.54, 1.807) is 11.9 Å². The highest BCUT2D eigenvalue weighted by Gasteiger charge is 2.25. The van der Waals surface area contributed by atoms with Gasteiger partial charge in [0.1, 0.15) is 6.04 Å². The number of carbonyl (C=O) groups excluding carboxylic acids is 2. The van der Waals surface area contributed by atoms with Gasteiger partial charge in [-0.2, -0.15) is 0 Å². The lowest BCUT2D eigenvalue weighted by Crippen LogP contribution is -2.50. The Hall–Kier alpha value is -3.11. The molecule has 0 saturated heterocycles. The summed E-state index contributed by atoms with van der Waals surface area (Å²) in [6.07, 6.45) is 3.77. The number of methoxy groups -OCH3 is 1. The molecule has 0 aliphatic heterocycles. The largest absolute Gasteiger partial charge is 0.453 e. The Morgan fingerprint density at radius 1 is 0.952 bits per heavy atom. The van der Waals surface area contributed by atoms with Crippen LogP contribution < -0.4 is 10.6 Å². The number of hydrogen-bond acceptors (Lipinski definition) is 7. The van der Waals surface area contributed by atoms with Gasteiger partial charge in [0.2, 0.25) is 5.91 Å². The number of carbonyl (C=O) groups is 2. The van der Waals surface area contributed by atoms with Gasteiger partial charge in [0.25, 0.3) is 0 Å². The lowest BCUT2D eigenvalue weighted by Gasteiger charge is -2.30. The number of fused-ring (bicyclic) bond motifs is 1. The normalized spacial score (nSPS) is 13.5. The molecular weight excluding hydrogens is 550 g/mol. The Labute approximate surface area is 254 Å². The summed E-state index contributed by atoms with van der Waals surface area (Å²) in [4.78, 5) is 26.7. The molecule has 3 aromatic rings. The van der Waals surface area contributed by atoms with E-state index in [0.29, 0.717) is 6.42 Å². The first-order valence-electron chi connectivity index (χ1n) is 14.8. The van der Waals surface area contributed by atoms with Crippen molar-refractivity contribution in [1.29, 1.82) is 0 Å². The van der Waals surface area contributed by atoms with Crippen LogP contribution in [0.2, 0.25) is 0 Å². The molecule has 0 saturated carbocycles. The van der Waals surface area contributed by atoms with Gasteiger partial charge in [-0.3, -0.25) is 4.79 Å². The van der Waals surface area contributed by atoms with E-state index in [1.807, 2.05) is 73.7 Å². The first-order chi connectivity index (χ1) is 20.4. The fourth-order valence-electron chi connectivity index (χ4n) is 5.02. The second-order valence-electron chi connectivity index (χ2n) is 10.4. The van der Waals surface area contributed by atoms with Crippen LogP contribution in [0.4, 0.5) is 4.79 Å². The Bertz CT molecular complexity index is 1250. The average molecular weight is 596 g/mol. The van der Waals surface area contributed by atoms with Gasteiger partial charge in [-0.05, 0) is 78.1 Å². The molecule has 8 nitrogen and oxygen atoms in total. The van der Waals surface area contributed by atoms with Crippen LogP contribution in [0.3, 0.4) is 0 Å². The van der Waals surface area contributed by atoms with Crippen LogP contribution in [0.15, 0.2) is 71.6 Å². The third kappa shape index (κ3) is 10.0. The van der Waals surface area contributed by atoms with Crippen molar-refractivity contribution in [3.05, 3.63) is 77.9 Å². The topological polar surface area (TPSA) is 111 Å². The number of aliphatic hydroxyl groups excluding tert-OH is 2. The number of benzene rings is 3. The maximum Gasteiger partial charge on any atom is 0.407 e. The molecule has 0 spiro atoms. The molecule has 9 heteroatoms. The highest BCUT2D eigenvalue weighted by Crippen LogP contribution is 2.28. The zero-order valence-corrected chi connectivity index (χ0v) is 25.7. The predicted octanol–water partition coefficient (Wildman–Crippen LogP) is 5.44. The van der Waals surface area contributed by atoms with Crippen molar-refractivity contribution in [2.24, 2.45) is 0 Å². The van der Waals surface area contributed by atoms with E-state index in [2.05, 4.69) is 21.9 Å². The van der Waals surface area contributed by atoms with Crippen LogP contribution in [0.25, 0.3) is 10.8 Å². The molecule has 2 amide bonds. The van der Waals surface area contributed by atoms with Crippen LogP contribution in [0.1, 0.15) is 57.1 Å². The smallest absolute Gasteiger partial charge is 0.407 e. The highest BCUT2D eigenvalue weighted by molar-refractivity contribution is 7.97. The number of alkyl carbamates (subject to hydrolysis) is 1. The maximum atomic E-state index is 13.5. The minimum absolute atomic E-state index is 0.0146. The molecule has 0 aliphatic rings. The molecule has 0 aliphatic carbocycles. The van der Waals surface area contributed by atoms with E-state index >= 15 is 0 Å². The molecule has 4 N–H and O–H groups in total. The SMILES string of the molecule is CCCN(Sc1ccc(CO)cc1)C(CO)CCCC(CC)NC(=O)[C@H](Cc1cccc2ccccc12)NC(=O)OC. The van der Waals surface area contributed by atoms with Crippen molar-refractivity contribution in [3.63, 3.8) is 0 Å². The van der Waals surface area contributed by atoms with E-state index in [9.17, 15) is 19.8 Å². The molecule has 0 bridgehead atoms. The van der Waals surface area contributed by atoms with E-state index in [-0.39, 0.29) is 31.2 Å². The summed E-state index contributed by atoms with van der Waals surface area (Å²) in [5.74, 6) is -0.242. The van der Waals surface area contributed by atoms with Crippen molar-refractivity contribution >= 4 is 34.7 Å². The number of ether oxygens (including phenoxy) is 1. The number of rotatable bonds is 17. The monoisotopic (exact) mass is 595 g/mol. The van der Waals surface area contributed by atoms with Gasteiger partial charge in [-0.15, -0.1) is 0 Å². The van der Waals surface area contributed by atoms with Gasteiger partial charge in [-0.25, -0.2) is 9.10 Å². The molecule has 0 radical (unpaired) electrons. The molecular formula is C33H45N3O5S.